The highest BCUT2D eigenvalue weighted by molar-refractivity contribution is 5.54. The minimum Gasteiger partial charge on any atom is -0.393 e. The SMILES string of the molecule is CC(O)[C@@]1(O)CC[C@H]2C3=CC=C4CC(O)CC[C@]4(C)C3=CC[C@@]21C. The number of fused-ring (bicyclic) bond motifs is 5. The molecule has 24 heavy (non-hydrogen) atoms. The van der Waals surface area contributed by atoms with Gasteiger partial charge < -0.3 is 15.3 Å². The Morgan fingerprint density at radius 3 is 2.62 bits per heavy atom. The summed E-state index contributed by atoms with van der Waals surface area (Å²) in [5.41, 5.74) is 2.87. The monoisotopic (exact) mass is 330 g/mol. The second-order valence-electron chi connectivity index (χ2n) is 8.97. The van der Waals surface area contributed by atoms with Crippen LogP contribution in [0.2, 0.25) is 0 Å². The third-order valence-corrected chi connectivity index (χ3v) is 7.88. The van der Waals surface area contributed by atoms with Gasteiger partial charge in [-0.25, -0.2) is 0 Å². The minimum atomic E-state index is -1.01. The van der Waals surface area contributed by atoms with E-state index in [0.717, 1.165) is 32.1 Å². The largest absolute Gasteiger partial charge is 0.393 e. The van der Waals surface area contributed by atoms with Crippen LogP contribution in [0.4, 0.5) is 0 Å². The number of aliphatic hydroxyl groups excluding tert-OH is 2. The predicted octanol–water partition coefficient (Wildman–Crippen LogP) is 3.26. The molecule has 0 aromatic carbocycles. The van der Waals surface area contributed by atoms with Gasteiger partial charge in [-0.1, -0.05) is 37.6 Å². The van der Waals surface area contributed by atoms with Crippen molar-refractivity contribution in [1.82, 2.24) is 0 Å². The molecule has 4 aliphatic carbocycles. The van der Waals surface area contributed by atoms with Gasteiger partial charge in [0, 0.05) is 10.8 Å². The van der Waals surface area contributed by atoms with Crippen LogP contribution < -0.4 is 0 Å². The van der Waals surface area contributed by atoms with Gasteiger partial charge in [-0.15, -0.1) is 0 Å². The summed E-state index contributed by atoms with van der Waals surface area (Å²) in [5.74, 6) is 0.304. The first kappa shape index (κ1) is 16.6. The fourth-order valence-electron chi connectivity index (χ4n) is 6.09. The van der Waals surface area contributed by atoms with Gasteiger partial charge in [0.1, 0.15) is 0 Å². The van der Waals surface area contributed by atoms with Crippen molar-refractivity contribution in [3.05, 3.63) is 34.9 Å². The van der Waals surface area contributed by atoms with E-state index in [1.807, 2.05) is 0 Å². The first-order valence-electron chi connectivity index (χ1n) is 9.43. The summed E-state index contributed by atoms with van der Waals surface area (Å²) < 4.78 is 0. The Hall–Kier alpha value is -0.900. The zero-order valence-electron chi connectivity index (χ0n) is 15.0. The van der Waals surface area contributed by atoms with E-state index in [0.29, 0.717) is 12.3 Å². The number of allylic oxidation sites excluding steroid dienone is 5. The Morgan fingerprint density at radius 2 is 1.92 bits per heavy atom. The topological polar surface area (TPSA) is 60.7 Å². The molecule has 0 spiro atoms. The van der Waals surface area contributed by atoms with Gasteiger partial charge in [0.05, 0.1) is 17.8 Å². The molecule has 0 saturated heterocycles. The van der Waals surface area contributed by atoms with Crippen molar-refractivity contribution < 1.29 is 15.3 Å². The average Bonchev–Trinajstić information content (AvgIpc) is 2.81. The van der Waals surface area contributed by atoms with Crippen LogP contribution in [0.3, 0.4) is 0 Å². The molecule has 2 fully saturated rings. The van der Waals surface area contributed by atoms with Crippen molar-refractivity contribution in [2.24, 2.45) is 16.7 Å². The van der Waals surface area contributed by atoms with E-state index in [1.54, 1.807) is 6.92 Å². The molecule has 3 N–H and O–H groups in total. The maximum absolute atomic E-state index is 11.2. The summed E-state index contributed by atoms with van der Waals surface area (Å²) in [7, 11) is 0. The molecular weight excluding hydrogens is 300 g/mol. The Bertz CT molecular complexity index is 658. The summed E-state index contributed by atoms with van der Waals surface area (Å²) in [6.45, 7) is 6.20. The molecule has 4 aliphatic rings. The summed E-state index contributed by atoms with van der Waals surface area (Å²) in [5, 5.41) is 31.5. The van der Waals surface area contributed by atoms with Gasteiger partial charge in [0.2, 0.25) is 0 Å². The second-order valence-corrected chi connectivity index (χ2v) is 8.97. The highest BCUT2D eigenvalue weighted by atomic mass is 16.3. The molecule has 2 saturated carbocycles. The third kappa shape index (κ3) is 1.89. The van der Waals surface area contributed by atoms with Crippen LogP contribution in [0.25, 0.3) is 0 Å². The molecule has 132 valence electrons. The quantitative estimate of drug-likeness (QED) is 0.691. The van der Waals surface area contributed by atoms with Gasteiger partial charge in [0.25, 0.3) is 0 Å². The van der Waals surface area contributed by atoms with E-state index in [9.17, 15) is 15.3 Å². The molecule has 3 nitrogen and oxygen atoms in total. The van der Waals surface area contributed by atoms with E-state index in [1.165, 1.54) is 16.7 Å². The normalized spacial score (nSPS) is 48.5. The van der Waals surface area contributed by atoms with Crippen molar-refractivity contribution in [2.75, 3.05) is 0 Å². The number of rotatable bonds is 1. The maximum Gasteiger partial charge on any atom is 0.0964 e. The van der Waals surface area contributed by atoms with Crippen molar-refractivity contribution in [3.63, 3.8) is 0 Å². The van der Waals surface area contributed by atoms with Crippen LogP contribution in [-0.4, -0.2) is 33.1 Å². The minimum absolute atomic E-state index is 0.0379. The van der Waals surface area contributed by atoms with Gasteiger partial charge in [-0.05, 0) is 62.5 Å². The number of hydrogen-bond donors (Lipinski definition) is 3. The Kier molecular flexibility index (Phi) is 3.49. The summed E-state index contributed by atoms with van der Waals surface area (Å²) in [6, 6.07) is 0. The molecule has 0 aromatic heterocycles. The number of hydrogen-bond acceptors (Lipinski definition) is 3. The van der Waals surface area contributed by atoms with E-state index < -0.39 is 11.7 Å². The standard InChI is InChI=1S/C21H30O3/c1-13(22)21(24)11-8-18-16-5-4-14-12-15(23)6-9-19(14,2)17(16)7-10-20(18,21)3/h4-5,7,13,15,18,22-24H,6,8-12H2,1-3H3/t13?,15?,18-,19-,20-,21-/m0/s1. The average molecular weight is 330 g/mol. The maximum atomic E-state index is 11.2. The lowest BCUT2D eigenvalue weighted by molar-refractivity contribution is -0.137. The Morgan fingerprint density at radius 1 is 1.17 bits per heavy atom. The molecule has 0 amide bonds. The molecule has 0 heterocycles. The van der Waals surface area contributed by atoms with Crippen molar-refractivity contribution in [3.8, 4) is 0 Å². The second kappa shape index (κ2) is 5.06. The van der Waals surface area contributed by atoms with Crippen LogP contribution in [0.15, 0.2) is 34.9 Å². The Labute approximate surface area is 144 Å². The molecule has 0 aliphatic heterocycles. The van der Waals surface area contributed by atoms with E-state index >= 15 is 0 Å². The zero-order valence-corrected chi connectivity index (χ0v) is 15.0. The van der Waals surface area contributed by atoms with Crippen LogP contribution in [-0.2, 0) is 0 Å². The van der Waals surface area contributed by atoms with Crippen LogP contribution in [0, 0.1) is 16.7 Å². The smallest absolute Gasteiger partial charge is 0.0964 e. The van der Waals surface area contributed by atoms with Crippen LogP contribution in [0.5, 0.6) is 0 Å². The first-order valence-corrected chi connectivity index (χ1v) is 9.43. The van der Waals surface area contributed by atoms with E-state index in [4.69, 9.17) is 0 Å². The molecule has 0 bridgehead atoms. The van der Waals surface area contributed by atoms with Gasteiger partial charge in [-0.2, -0.15) is 0 Å². The molecule has 0 radical (unpaired) electrons. The third-order valence-electron chi connectivity index (χ3n) is 7.88. The molecule has 2 unspecified atom stereocenters. The van der Waals surface area contributed by atoms with Gasteiger partial charge in [0.15, 0.2) is 0 Å². The summed E-state index contributed by atoms with van der Waals surface area (Å²) in [4.78, 5) is 0. The van der Waals surface area contributed by atoms with Gasteiger partial charge in [-0.3, -0.25) is 0 Å². The van der Waals surface area contributed by atoms with Crippen molar-refractivity contribution in [1.29, 1.82) is 0 Å². The Balaban J connectivity index is 1.79. The molecule has 6 atom stereocenters. The predicted molar refractivity (Wildman–Crippen MR) is 94.3 cm³/mol. The van der Waals surface area contributed by atoms with E-state index in [2.05, 4.69) is 32.1 Å². The van der Waals surface area contributed by atoms with Gasteiger partial charge >= 0.3 is 0 Å². The fourth-order valence-corrected chi connectivity index (χ4v) is 6.09. The first-order chi connectivity index (χ1) is 11.2. The van der Waals surface area contributed by atoms with Crippen molar-refractivity contribution >= 4 is 0 Å². The van der Waals surface area contributed by atoms with Crippen LogP contribution >= 0.6 is 0 Å². The van der Waals surface area contributed by atoms with Crippen LogP contribution in [0.1, 0.15) is 59.3 Å². The summed E-state index contributed by atoms with van der Waals surface area (Å²) in [6.07, 6.45) is 10.9. The summed E-state index contributed by atoms with van der Waals surface area (Å²) >= 11 is 0. The molecular formula is C21H30O3. The van der Waals surface area contributed by atoms with E-state index in [-0.39, 0.29) is 16.9 Å². The van der Waals surface area contributed by atoms with Crippen molar-refractivity contribution in [2.45, 2.75) is 77.1 Å². The zero-order chi connectivity index (χ0) is 17.3. The highest BCUT2D eigenvalue weighted by Crippen LogP contribution is 2.64. The lowest BCUT2D eigenvalue weighted by Gasteiger charge is -2.52. The highest BCUT2D eigenvalue weighted by Gasteiger charge is 2.61. The lowest BCUT2D eigenvalue weighted by Crippen LogP contribution is -2.54. The molecule has 0 aromatic rings. The lowest BCUT2D eigenvalue weighted by atomic mass is 9.54. The fraction of sp³-hybridized carbons (Fsp3) is 0.714. The molecule has 3 heteroatoms. The molecule has 4 rings (SSSR count). The number of aliphatic hydroxyl groups is 3.